The summed E-state index contributed by atoms with van der Waals surface area (Å²) in [4.78, 5) is 18.2. The second kappa shape index (κ2) is 10.4. The zero-order chi connectivity index (χ0) is 24.2. The van der Waals surface area contributed by atoms with Crippen LogP contribution >= 0.6 is 23.7 Å². The molecule has 0 saturated carbocycles. The Bertz CT molecular complexity index is 1240. The number of methoxy groups -OCH3 is 1. The van der Waals surface area contributed by atoms with Crippen LogP contribution in [0.25, 0.3) is 6.08 Å². The highest BCUT2D eigenvalue weighted by atomic mass is 32.2. The molecule has 10 heteroatoms. The van der Waals surface area contributed by atoms with E-state index < -0.39 is 5.91 Å². The highest BCUT2D eigenvalue weighted by molar-refractivity contribution is 8.18. The number of carbonyl (C=O) groups is 1. The number of aryl methyl sites for hydroxylation is 2. The van der Waals surface area contributed by atoms with Gasteiger partial charge in [-0.25, -0.2) is 4.90 Å². The molecule has 2 aliphatic heterocycles. The van der Waals surface area contributed by atoms with E-state index in [4.69, 9.17) is 19.6 Å². The molecule has 1 N–H and O–H groups in total. The van der Waals surface area contributed by atoms with Crippen molar-refractivity contribution in [2.24, 2.45) is 9.39 Å². The van der Waals surface area contributed by atoms with Crippen LogP contribution < -0.4 is 14.2 Å². The van der Waals surface area contributed by atoms with Gasteiger partial charge in [-0.05, 0) is 67.1 Å². The fourth-order valence-corrected chi connectivity index (χ4v) is 4.76. The van der Waals surface area contributed by atoms with Crippen LogP contribution in [0.5, 0.6) is 17.2 Å². The van der Waals surface area contributed by atoms with E-state index in [0.717, 1.165) is 17.7 Å². The van der Waals surface area contributed by atoms with Crippen molar-refractivity contribution in [1.82, 2.24) is 4.90 Å². The third-order valence-electron chi connectivity index (χ3n) is 5.26. The van der Waals surface area contributed by atoms with E-state index in [1.54, 1.807) is 36.3 Å². The van der Waals surface area contributed by atoms with Gasteiger partial charge in [-0.1, -0.05) is 23.9 Å². The molecular formula is C24H24N4O4S2. The first-order chi connectivity index (χ1) is 16.4. The lowest BCUT2D eigenvalue weighted by Crippen LogP contribution is -2.41. The van der Waals surface area contributed by atoms with Gasteiger partial charge in [0.2, 0.25) is 5.17 Å². The van der Waals surface area contributed by atoms with Crippen LogP contribution in [0.3, 0.4) is 0 Å². The van der Waals surface area contributed by atoms with E-state index >= 15 is 0 Å². The minimum absolute atomic E-state index is 0.0517. The summed E-state index contributed by atoms with van der Waals surface area (Å²) >= 11 is 2.50. The molecule has 0 bridgehead atoms. The van der Waals surface area contributed by atoms with Gasteiger partial charge in [0, 0.05) is 0 Å². The third kappa shape index (κ3) is 4.97. The normalized spacial score (nSPS) is 16.4. The van der Waals surface area contributed by atoms with Gasteiger partial charge in [-0.15, -0.1) is 0 Å². The van der Waals surface area contributed by atoms with Gasteiger partial charge in [0.25, 0.3) is 5.91 Å². The molecule has 0 aromatic heterocycles. The Morgan fingerprint density at radius 1 is 1.09 bits per heavy atom. The van der Waals surface area contributed by atoms with Crippen molar-refractivity contribution in [3.63, 3.8) is 0 Å². The van der Waals surface area contributed by atoms with Gasteiger partial charge >= 0.3 is 0 Å². The lowest BCUT2D eigenvalue weighted by Gasteiger charge is -2.23. The summed E-state index contributed by atoms with van der Waals surface area (Å²) in [6.07, 6.45) is 3.49. The molecule has 2 heterocycles. The molecule has 0 unspecified atom stereocenters. The number of nitrogens with one attached hydrogen (secondary N) is 1. The lowest BCUT2D eigenvalue weighted by molar-refractivity contribution is -0.114. The Hall–Kier alpha value is -3.24. The summed E-state index contributed by atoms with van der Waals surface area (Å²) in [7, 11) is 1.55. The molecule has 0 aliphatic carbocycles. The number of amides is 1. The van der Waals surface area contributed by atoms with Crippen molar-refractivity contribution in [2.45, 2.75) is 13.8 Å². The molecule has 0 radical (unpaired) electrons. The SMILES string of the molecule is COc1cc(/C=C2/C(=N)N3C(SC)=NSC3=NC2=O)ccc1OCCOc1ccc(C)c(C)c1. The van der Waals surface area contributed by atoms with Crippen LogP contribution in [0.2, 0.25) is 0 Å². The molecule has 8 nitrogen and oxygen atoms in total. The predicted molar refractivity (Wildman–Crippen MR) is 138 cm³/mol. The molecule has 0 atom stereocenters. The van der Waals surface area contributed by atoms with Gasteiger partial charge < -0.3 is 14.2 Å². The van der Waals surface area contributed by atoms with Crippen molar-refractivity contribution < 1.29 is 19.0 Å². The van der Waals surface area contributed by atoms with Crippen molar-refractivity contribution >= 4 is 51.9 Å². The number of hydrogen-bond donors (Lipinski definition) is 1. The first-order valence-electron chi connectivity index (χ1n) is 10.4. The summed E-state index contributed by atoms with van der Waals surface area (Å²) in [6, 6.07) is 11.3. The van der Waals surface area contributed by atoms with Gasteiger partial charge in [0.1, 0.15) is 24.8 Å². The quantitative estimate of drug-likeness (QED) is 0.337. The molecule has 2 aromatic carbocycles. The van der Waals surface area contributed by atoms with Crippen molar-refractivity contribution in [2.75, 3.05) is 26.6 Å². The standard InChI is InChI=1S/C24H24N4O4S2/c1-14-5-7-17(11-15(14)2)31-9-10-32-19-8-6-16(13-20(19)30-3)12-18-21(25)28-23(26-22(18)29)34-27-24(28)33-4/h5-8,11-13,25H,9-10H2,1-4H3/b18-12-,25-21?. The first-order valence-corrected chi connectivity index (χ1v) is 12.4. The molecule has 0 spiro atoms. The molecule has 1 amide bonds. The Labute approximate surface area is 206 Å². The van der Waals surface area contributed by atoms with Gasteiger partial charge in [-0.3, -0.25) is 10.2 Å². The Balaban J connectivity index is 1.44. The van der Waals surface area contributed by atoms with E-state index in [-0.39, 0.29) is 11.4 Å². The summed E-state index contributed by atoms with van der Waals surface area (Å²) in [5.41, 5.74) is 3.27. The molecule has 4 rings (SSSR count). The van der Waals surface area contributed by atoms with E-state index in [1.165, 1.54) is 22.9 Å². The van der Waals surface area contributed by atoms with E-state index in [9.17, 15) is 4.79 Å². The van der Waals surface area contributed by atoms with Crippen molar-refractivity contribution in [3.8, 4) is 17.2 Å². The molecular weight excluding hydrogens is 472 g/mol. The number of carbonyl (C=O) groups excluding carboxylic acids is 1. The number of ether oxygens (including phenoxy) is 3. The average Bonchev–Trinajstić information content (AvgIpc) is 3.25. The topological polar surface area (TPSA) is 96.6 Å². The molecule has 34 heavy (non-hydrogen) atoms. The maximum Gasteiger partial charge on any atom is 0.283 e. The van der Waals surface area contributed by atoms with Crippen molar-refractivity contribution in [1.29, 1.82) is 5.41 Å². The molecule has 0 saturated heterocycles. The second-order valence-corrected chi connectivity index (χ2v) is 8.97. The van der Waals surface area contributed by atoms with Crippen LogP contribution in [-0.2, 0) is 4.79 Å². The minimum Gasteiger partial charge on any atom is -0.493 e. The molecule has 176 valence electrons. The largest absolute Gasteiger partial charge is 0.493 e. The smallest absolute Gasteiger partial charge is 0.283 e. The number of benzene rings is 2. The van der Waals surface area contributed by atoms with Crippen LogP contribution in [0, 0.1) is 19.3 Å². The summed E-state index contributed by atoms with van der Waals surface area (Å²) in [5.74, 6) is 1.46. The number of fused-ring (bicyclic) bond motifs is 1. The Kier molecular flexibility index (Phi) is 7.28. The fourth-order valence-electron chi connectivity index (χ4n) is 3.31. The number of thioether (sulfide) groups is 1. The maximum atomic E-state index is 12.5. The van der Waals surface area contributed by atoms with Crippen LogP contribution in [0.15, 0.2) is 51.4 Å². The second-order valence-electron chi connectivity index (χ2n) is 7.46. The Morgan fingerprint density at radius 2 is 1.88 bits per heavy atom. The van der Waals surface area contributed by atoms with E-state index in [2.05, 4.69) is 16.3 Å². The van der Waals surface area contributed by atoms with Crippen LogP contribution in [0.1, 0.15) is 16.7 Å². The van der Waals surface area contributed by atoms with E-state index in [0.29, 0.717) is 40.6 Å². The number of hydrogen-bond acceptors (Lipinski definition) is 8. The highest BCUT2D eigenvalue weighted by Crippen LogP contribution is 2.33. The van der Waals surface area contributed by atoms with Crippen molar-refractivity contribution in [3.05, 3.63) is 58.7 Å². The number of amidine groups is 3. The number of rotatable bonds is 7. The van der Waals surface area contributed by atoms with Gasteiger partial charge in [0.05, 0.1) is 24.6 Å². The average molecular weight is 497 g/mol. The summed E-state index contributed by atoms with van der Waals surface area (Å²) < 4.78 is 21.3. The number of nitrogens with zero attached hydrogens (tertiary/aromatic N) is 3. The summed E-state index contributed by atoms with van der Waals surface area (Å²) in [6.45, 7) is 4.84. The Morgan fingerprint density at radius 3 is 2.62 bits per heavy atom. The summed E-state index contributed by atoms with van der Waals surface area (Å²) in [5, 5.41) is 9.54. The minimum atomic E-state index is -0.468. The number of aliphatic imine (C=N–C) groups is 1. The monoisotopic (exact) mass is 496 g/mol. The predicted octanol–water partition coefficient (Wildman–Crippen LogP) is 4.71. The highest BCUT2D eigenvalue weighted by Gasteiger charge is 2.37. The molecule has 2 aliphatic rings. The molecule has 2 aromatic rings. The van der Waals surface area contributed by atoms with Crippen LogP contribution in [0.4, 0.5) is 0 Å². The zero-order valence-corrected chi connectivity index (χ0v) is 20.9. The fraction of sp³-hybridized carbons (Fsp3) is 0.250. The van der Waals surface area contributed by atoms with E-state index in [1.807, 2.05) is 31.4 Å². The van der Waals surface area contributed by atoms with Gasteiger partial charge in [-0.2, -0.15) is 9.39 Å². The molecule has 0 fully saturated rings. The van der Waals surface area contributed by atoms with Crippen LogP contribution in [-0.4, -0.2) is 53.6 Å². The first kappa shape index (κ1) is 23.9. The lowest BCUT2D eigenvalue weighted by atomic mass is 10.1. The third-order valence-corrected chi connectivity index (χ3v) is 6.72. The maximum absolute atomic E-state index is 12.5. The van der Waals surface area contributed by atoms with Gasteiger partial charge in [0.15, 0.2) is 16.7 Å². The zero-order valence-electron chi connectivity index (χ0n) is 19.2.